The molecule has 1 aliphatic heterocycles. The zero-order valence-corrected chi connectivity index (χ0v) is 15.4. The van der Waals surface area contributed by atoms with Gasteiger partial charge in [-0.15, -0.1) is 0 Å². The minimum absolute atomic E-state index is 0.139. The molecule has 1 heterocycles. The van der Waals surface area contributed by atoms with Crippen LogP contribution >= 0.6 is 0 Å². The van der Waals surface area contributed by atoms with Crippen LogP contribution in [0.2, 0.25) is 0 Å². The van der Waals surface area contributed by atoms with Crippen molar-refractivity contribution >= 4 is 5.91 Å². The van der Waals surface area contributed by atoms with Gasteiger partial charge in [0, 0.05) is 44.2 Å². The first kappa shape index (κ1) is 18.6. The Labute approximate surface area is 145 Å². The molecule has 24 heavy (non-hydrogen) atoms. The Kier molecular flexibility index (Phi) is 6.91. The predicted octanol–water partition coefficient (Wildman–Crippen LogP) is 2.78. The molecule has 2 rings (SSSR count). The Balaban J connectivity index is 1.92. The number of benzene rings is 1. The Morgan fingerprint density at radius 3 is 2.46 bits per heavy atom. The van der Waals surface area contributed by atoms with E-state index >= 15 is 0 Å². The standard InChI is InChI=1S/C19H30N2O3/c1-5-6-15(2)19(22)21-11-9-20(10-12-21)14-16-13-17(23-3)7-8-18(16)24-4/h7-8,13,15H,5-6,9-12,14H2,1-4H3. The normalized spacial score (nSPS) is 16.8. The SMILES string of the molecule is CCCC(C)C(=O)N1CCN(Cc2cc(OC)ccc2OC)CC1. The minimum Gasteiger partial charge on any atom is -0.497 e. The molecule has 1 atom stereocenters. The topological polar surface area (TPSA) is 42.0 Å². The third-order valence-electron chi connectivity index (χ3n) is 4.71. The first-order valence-corrected chi connectivity index (χ1v) is 8.81. The molecule has 0 radical (unpaired) electrons. The average molecular weight is 334 g/mol. The van der Waals surface area contributed by atoms with Crippen molar-refractivity contribution in [2.75, 3.05) is 40.4 Å². The monoisotopic (exact) mass is 334 g/mol. The smallest absolute Gasteiger partial charge is 0.225 e. The van der Waals surface area contributed by atoms with Crippen LogP contribution < -0.4 is 9.47 Å². The van der Waals surface area contributed by atoms with Gasteiger partial charge in [0.15, 0.2) is 0 Å². The van der Waals surface area contributed by atoms with E-state index in [0.717, 1.165) is 62.6 Å². The van der Waals surface area contributed by atoms with Gasteiger partial charge < -0.3 is 14.4 Å². The number of piperazine rings is 1. The van der Waals surface area contributed by atoms with Gasteiger partial charge in [0.2, 0.25) is 5.91 Å². The lowest BCUT2D eigenvalue weighted by atomic mass is 10.0. The van der Waals surface area contributed by atoms with Crippen LogP contribution in [-0.2, 0) is 11.3 Å². The molecule has 5 nitrogen and oxygen atoms in total. The Hall–Kier alpha value is -1.75. The van der Waals surface area contributed by atoms with Crippen molar-refractivity contribution in [3.63, 3.8) is 0 Å². The van der Waals surface area contributed by atoms with E-state index in [1.54, 1.807) is 14.2 Å². The number of rotatable bonds is 7. The summed E-state index contributed by atoms with van der Waals surface area (Å²) >= 11 is 0. The molecule has 1 unspecified atom stereocenters. The summed E-state index contributed by atoms with van der Waals surface area (Å²) in [5.41, 5.74) is 1.12. The second kappa shape index (κ2) is 8.92. The van der Waals surface area contributed by atoms with Crippen molar-refractivity contribution in [1.29, 1.82) is 0 Å². The van der Waals surface area contributed by atoms with E-state index in [1.807, 2.05) is 30.0 Å². The number of nitrogens with zero attached hydrogens (tertiary/aromatic N) is 2. The zero-order valence-electron chi connectivity index (χ0n) is 15.4. The molecule has 0 saturated carbocycles. The molecule has 1 aromatic rings. The summed E-state index contributed by atoms with van der Waals surface area (Å²) < 4.78 is 10.8. The van der Waals surface area contributed by atoms with Gasteiger partial charge in [0.25, 0.3) is 0 Å². The molecule has 0 bridgehead atoms. The molecule has 0 spiro atoms. The number of methoxy groups -OCH3 is 2. The number of hydrogen-bond acceptors (Lipinski definition) is 4. The Morgan fingerprint density at radius 1 is 1.17 bits per heavy atom. The molecular formula is C19H30N2O3. The van der Waals surface area contributed by atoms with Crippen molar-refractivity contribution in [3.8, 4) is 11.5 Å². The lowest BCUT2D eigenvalue weighted by Crippen LogP contribution is -2.49. The van der Waals surface area contributed by atoms with E-state index in [0.29, 0.717) is 5.91 Å². The Bertz CT molecular complexity index is 539. The number of carbonyl (C=O) groups excluding carboxylic acids is 1. The van der Waals surface area contributed by atoms with E-state index in [9.17, 15) is 4.79 Å². The zero-order chi connectivity index (χ0) is 17.5. The molecule has 0 aromatic heterocycles. The highest BCUT2D eigenvalue weighted by molar-refractivity contribution is 5.78. The summed E-state index contributed by atoms with van der Waals surface area (Å²) in [4.78, 5) is 16.8. The molecule has 1 fully saturated rings. The average Bonchev–Trinajstić information content (AvgIpc) is 2.62. The predicted molar refractivity (Wildman–Crippen MR) is 95.5 cm³/mol. The maximum atomic E-state index is 12.4. The summed E-state index contributed by atoms with van der Waals surface area (Å²) in [6.07, 6.45) is 2.03. The third-order valence-corrected chi connectivity index (χ3v) is 4.71. The molecule has 5 heteroatoms. The quantitative estimate of drug-likeness (QED) is 0.769. The number of ether oxygens (including phenoxy) is 2. The fraction of sp³-hybridized carbons (Fsp3) is 0.632. The summed E-state index contributed by atoms with van der Waals surface area (Å²) in [5, 5.41) is 0. The van der Waals surface area contributed by atoms with E-state index < -0.39 is 0 Å². The van der Waals surface area contributed by atoms with Crippen LogP contribution in [0.1, 0.15) is 32.3 Å². The minimum atomic E-state index is 0.139. The lowest BCUT2D eigenvalue weighted by molar-refractivity contribution is -0.137. The van der Waals surface area contributed by atoms with Crippen molar-refractivity contribution in [3.05, 3.63) is 23.8 Å². The van der Waals surface area contributed by atoms with Gasteiger partial charge in [-0.05, 0) is 24.6 Å². The van der Waals surface area contributed by atoms with Crippen molar-refractivity contribution in [2.24, 2.45) is 5.92 Å². The second-order valence-electron chi connectivity index (χ2n) is 6.47. The highest BCUT2D eigenvalue weighted by Gasteiger charge is 2.24. The molecule has 1 saturated heterocycles. The number of carbonyl (C=O) groups is 1. The van der Waals surface area contributed by atoms with Crippen LogP contribution in [-0.4, -0.2) is 56.1 Å². The first-order chi connectivity index (χ1) is 11.6. The largest absolute Gasteiger partial charge is 0.497 e. The molecule has 0 N–H and O–H groups in total. The van der Waals surface area contributed by atoms with Crippen LogP contribution in [0.3, 0.4) is 0 Å². The first-order valence-electron chi connectivity index (χ1n) is 8.81. The van der Waals surface area contributed by atoms with E-state index in [1.165, 1.54) is 0 Å². The van der Waals surface area contributed by atoms with Gasteiger partial charge in [-0.3, -0.25) is 9.69 Å². The fourth-order valence-corrected chi connectivity index (χ4v) is 3.24. The van der Waals surface area contributed by atoms with Gasteiger partial charge >= 0.3 is 0 Å². The van der Waals surface area contributed by atoms with E-state index in [-0.39, 0.29) is 5.92 Å². The number of hydrogen-bond donors (Lipinski definition) is 0. The summed E-state index contributed by atoms with van der Waals surface area (Å²) in [5.74, 6) is 2.16. The molecule has 134 valence electrons. The van der Waals surface area contributed by atoms with Gasteiger partial charge in [-0.1, -0.05) is 20.3 Å². The van der Waals surface area contributed by atoms with Gasteiger partial charge in [0.05, 0.1) is 14.2 Å². The Morgan fingerprint density at radius 2 is 1.88 bits per heavy atom. The number of amides is 1. The van der Waals surface area contributed by atoms with E-state index in [4.69, 9.17) is 9.47 Å². The summed E-state index contributed by atoms with van der Waals surface area (Å²) in [6, 6.07) is 5.88. The fourth-order valence-electron chi connectivity index (χ4n) is 3.24. The highest BCUT2D eigenvalue weighted by atomic mass is 16.5. The molecule has 1 aromatic carbocycles. The van der Waals surface area contributed by atoms with Crippen LogP contribution in [0.25, 0.3) is 0 Å². The summed E-state index contributed by atoms with van der Waals surface area (Å²) in [6.45, 7) is 8.38. The van der Waals surface area contributed by atoms with Crippen LogP contribution in [0, 0.1) is 5.92 Å². The molecule has 0 aliphatic carbocycles. The maximum Gasteiger partial charge on any atom is 0.225 e. The summed E-state index contributed by atoms with van der Waals surface area (Å²) in [7, 11) is 3.37. The van der Waals surface area contributed by atoms with Crippen molar-refractivity contribution in [2.45, 2.75) is 33.2 Å². The van der Waals surface area contributed by atoms with Crippen LogP contribution in [0.4, 0.5) is 0 Å². The van der Waals surface area contributed by atoms with Crippen LogP contribution in [0.5, 0.6) is 11.5 Å². The van der Waals surface area contributed by atoms with Crippen molar-refractivity contribution < 1.29 is 14.3 Å². The van der Waals surface area contributed by atoms with Crippen LogP contribution in [0.15, 0.2) is 18.2 Å². The molecular weight excluding hydrogens is 304 g/mol. The molecule has 1 aliphatic rings. The maximum absolute atomic E-state index is 12.4. The molecule has 1 amide bonds. The van der Waals surface area contributed by atoms with Gasteiger partial charge in [-0.25, -0.2) is 0 Å². The highest BCUT2D eigenvalue weighted by Crippen LogP contribution is 2.25. The second-order valence-corrected chi connectivity index (χ2v) is 6.47. The lowest BCUT2D eigenvalue weighted by Gasteiger charge is -2.36. The van der Waals surface area contributed by atoms with Crippen molar-refractivity contribution in [1.82, 2.24) is 9.80 Å². The van der Waals surface area contributed by atoms with Gasteiger partial charge in [-0.2, -0.15) is 0 Å². The van der Waals surface area contributed by atoms with E-state index in [2.05, 4.69) is 11.8 Å². The van der Waals surface area contributed by atoms with Gasteiger partial charge in [0.1, 0.15) is 11.5 Å². The third kappa shape index (κ3) is 4.63.